The van der Waals surface area contributed by atoms with Gasteiger partial charge in [-0.3, -0.25) is 9.59 Å². The van der Waals surface area contributed by atoms with Gasteiger partial charge in [-0.2, -0.15) is 0 Å². The van der Waals surface area contributed by atoms with Crippen molar-refractivity contribution in [2.45, 2.75) is 6.54 Å². The number of rotatable bonds is 5. The van der Waals surface area contributed by atoms with Gasteiger partial charge < -0.3 is 20.8 Å². The van der Waals surface area contributed by atoms with Gasteiger partial charge in [-0.1, -0.05) is 12.1 Å². The second kappa shape index (κ2) is 5.92. The Morgan fingerprint density at radius 1 is 1.15 bits per heavy atom. The summed E-state index contributed by atoms with van der Waals surface area (Å²) < 4.78 is 5.05. The van der Waals surface area contributed by atoms with Gasteiger partial charge in [0, 0.05) is 12.2 Å². The van der Waals surface area contributed by atoms with Gasteiger partial charge in [0.05, 0.1) is 6.26 Å². The molecular weight excluding hydrogens is 258 g/mol. The Bertz CT molecular complexity index is 591. The summed E-state index contributed by atoms with van der Waals surface area (Å²) in [6.07, 6.45) is 1.40. The lowest BCUT2D eigenvalue weighted by molar-refractivity contribution is -0.118. The van der Waals surface area contributed by atoms with Crippen LogP contribution in [0.15, 0.2) is 47.1 Å². The van der Waals surface area contributed by atoms with E-state index in [-0.39, 0.29) is 24.8 Å². The summed E-state index contributed by atoms with van der Waals surface area (Å²) in [5, 5.41) is 0. The fourth-order valence-electron chi connectivity index (χ4n) is 1.79. The van der Waals surface area contributed by atoms with Crippen LogP contribution in [0, 0.1) is 0 Å². The molecule has 0 aliphatic carbocycles. The summed E-state index contributed by atoms with van der Waals surface area (Å²) in [6.45, 7) is 0.0761. The number of nitrogens with zero attached hydrogens (tertiary/aromatic N) is 1. The predicted molar refractivity (Wildman–Crippen MR) is 73.5 cm³/mol. The third kappa shape index (κ3) is 3.38. The molecule has 6 nitrogen and oxygen atoms in total. The van der Waals surface area contributed by atoms with Crippen molar-refractivity contribution in [3.05, 3.63) is 54.0 Å². The van der Waals surface area contributed by atoms with E-state index in [0.717, 1.165) is 5.56 Å². The van der Waals surface area contributed by atoms with E-state index in [1.165, 1.54) is 11.2 Å². The quantitative estimate of drug-likeness (QED) is 0.793. The number of benzene rings is 1. The van der Waals surface area contributed by atoms with Crippen LogP contribution in [0.25, 0.3) is 0 Å². The fraction of sp³-hybridized carbons (Fsp3) is 0.143. The lowest BCUT2D eigenvalue weighted by Gasteiger charge is -2.20. The Morgan fingerprint density at radius 2 is 1.85 bits per heavy atom. The fourth-order valence-corrected chi connectivity index (χ4v) is 1.79. The third-order valence-electron chi connectivity index (χ3n) is 2.72. The van der Waals surface area contributed by atoms with Crippen molar-refractivity contribution in [1.29, 1.82) is 0 Å². The van der Waals surface area contributed by atoms with Gasteiger partial charge >= 0.3 is 0 Å². The minimum atomic E-state index is -0.583. The van der Waals surface area contributed by atoms with Crippen molar-refractivity contribution >= 4 is 17.5 Å². The molecule has 1 heterocycles. The normalized spacial score (nSPS) is 10.2. The number of hydrogen-bond donors (Lipinski definition) is 2. The van der Waals surface area contributed by atoms with Crippen molar-refractivity contribution in [3.63, 3.8) is 0 Å². The molecule has 2 amide bonds. The first kappa shape index (κ1) is 13.7. The monoisotopic (exact) mass is 273 g/mol. The van der Waals surface area contributed by atoms with E-state index >= 15 is 0 Å². The van der Waals surface area contributed by atoms with E-state index in [1.54, 1.807) is 36.4 Å². The molecule has 0 bridgehead atoms. The second-order valence-corrected chi connectivity index (χ2v) is 4.35. The summed E-state index contributed by atoms with van der Waals surface area (Å²) in [5.74, 6) is -0.798. The number of hydrogen-bond acceptors (Lipinski definition) is 4. The van der Waals surface area contributed by atoms with E-state index < -0.39 is 5.91 Å². The van der Waals surface area contributed by atoms with Crippen LogP contribution in [0.3, 0.4) is 0 Å². The SMILES string of the molecule is NC(=O)CN(Cc1ccc(N)cc1)C(=O)c1ccco1. The molecule has 0 spiro atoms. The van der Waals surface area contributed by atoms with Crippen LogP contribution in [-0.4, -0.2) is 23.3 Å². The lowest BCUT2D eigenvalue weighted by atomic mass is 10.2. The van der Waals surface area contributed by atoms with Crippen molar-refractivity contribution in [1.82, 2.24) is 4.90 Å². The molecule has 0 radical (unpaired) electrons. The molecule has 4 N–H and O–H groups in total. The van der Waals surface area contributed by atoms with E-state index in [4.69, 9.17) is 15.9 Å². The van der Waals surface area contributed by atoms with Gasteiger partial charge in [-0.25, -0.2) is 0 Å². The topological polar surface area (TPSA) is 103 Å². The Balaban J connectivity index is 2.17. The van der Waals surface area contributed by atoms with E-state index in [2.05, 4.69) is 0 Å². The smallest absolute Gasteiger partial charge is 0.290 e. The number of carbonyl (C=O) groups excluding carboxylic acids is 2. The average molecular weight is 273 g/mol. The summed E-state index contributed by atoms with van der Waals surface area (Å²) in [5.41, 5.74) is 12.3. The maximum Gasteiger partial charge on any atom is 0.290 e. The molecule has 1 aromatic carbocycles. The second-order valence-electron chi connectivity index (χ2n) is 4.35. The number of primary amides is 1. The highest BCUT2D eigenvalue weighted by Crippen LogP contribution is 2.12. The van der Waals surface area contributed by atoms with Crippen molar-refractivity contribution < 1.29 is 14.0 Å². The van der Waals surface area contributed by atoms with E-state index in [9.17, 15) is 9.59 Å². The highest BCUT2D eigenvalue weighted by atomic mass is 16.3. The highest BCUT2D eigenvalue weighted by Gasteiger charge is 2.20. The molecule has 0 fully saturated rings. The maximum absolute atomic E-state index is 12.2. The zero-order valence-corrected chi connectivity index (χ0v) is 10.8. The third-order valence-corrected chi connectivity index (χ3v) is 2.72. The van der Waals surface area contributed by atoms with E-state index in [0.29, 0.717) is 5.69 Å². The largest absolute Gasteiger partial charge is 0.459 e. The first-order valence-corrected chi connectivity index (χ1v) is 6.02. The molecule has 0 aliphatic rings. The number of nitrogens with two attached hydrogens (primary N) is 2. The standard InChI is InChI=1S/C14H15N3O3/c15-11-5-3-10(4-6-11)8-17(9-13(16)18)14(19)12-2-1-7-20-12/h1-7H,8-9,15H2,(H2,16,18). The first-order chi connectivity index (χ1) is 9.56. The molecule has 0 unspecified atom stereocenters. The molecule has 0 atom stereocenters. The number of amides is 2. The molecule has 1 aromatic heterocycles. The zero-order chi connectivity index (χ0) is 14.5. The average Bonchev–Trinajstić information content (AvgIpc) is 2.93. The molecule has 0 saturated carbocycles. The lowest BCUT2D eigenvalue weighted by Crippen LogP contribution is -2.37. The Labute approximate surface area is 116 Å². The summed E-state index contributed by atoms with van der Waals surface area (Å²) >= 11 is 0. The Morgan fingerprint density at radius 3 is 2.40 bits per heavy atom. The van der Waals surface area contributed by atoms with Crippen LogP contribution in [-0.2, 0) is 11.3 Å². The van der Waals surface area contributed by atoms with Gasteiger partial charge in [0.25, 0.3) is 5.91 Å². The van der Waals surface area contributed by atoms with Gasteiger partial charge in [-0.15, -0.1) is 0 Å². The van der Waals surface area contributed by atoms with Gasteiger partial charge in [0.1, 0.15) is 6.54 Å². The Kier molecular flexibility index (Phi) is 4.05. The van der Waals surface area contributed by atoms with Crippen LogP contribution in [0.1, 0.15) is 16.1 Å². The van der Waals surface area contributed by atoms with Crippen LogP contribution in [0.4, 0.5) is 5.69 Å². The predicted octanol–water partition coefficient (Wildman–Crippen LogP) is 0.989. The Hall–Kier alpha value is -2.76. The molecule has 20 heavy (non-hydrogen) atoms. The van der Waals surface area contributed by atoms with Crippen molar-refractivity contribution in [2.75, 3.05) is 12.3 Å². The van der Waals surface area contributed by atoms with Crippen LogP contribution in [0.2, 0.25) is 0 Å². The van der Waals surface area contributed by atoms with E-state index in [1.807, 2.05) is 0 Å². The minimum Gasteiger partial charge on any atom is -0.459 e. The number of anilines is 1. The number of carbonyl (C=O) groups is 2. The molecular formula is C14H15N3O3. The number of furan rings is 1. The van der Waals surface area contributed by atoms with Gasteiger partial charge in [0.15, 0.2) is 5.76 Å². The van der Waals surface area contributed by atoms with Crippen LogP contribution < -0.4 is 11.5 Å². The minimum absolute atomic E-state index is 0.168. The van der Waals surface area contributed by atoms with Gasteiger partial charge in [-0.05, 0) is 29.8 Å². The maximum atomic E-state index is 12.2. The summed E-state index contributed by atoms with van der Waals surface area (Å²) in [6, 6.07) is 10.2. The van der Waals surface area contributed by atoms with Crippen LogP contribution >= 0.6 is 0 Å². The molecule has 2 rings (SSSR count). The summed E-state index contributed by atoms with van der Waals surface area (Å²) in [4.78, 5) is 24.6. The summed E-state index contributed by atoms with van der Waals surface area (Å²) in [7, 11) is 0. The molecule has 0 aliphatic heterocycles. The molecule has 0 saturated heterocycles. The van der Waals surface area contributed by atoms with Crippen LogP contribution in [0.5, 0.6) is 0 Å². The van der Waals surface area contributed by atoms with Crippen molar-refractivity contribution in [2.24, 2.45) is 5.73 Å². The molecule has 2 aromatic rings. The highest BCUT2D eigenvalue weighted by molar-refractivity contribution is 5.94. The molecule has 6 heteroatoms. The number of nitrogen functional groups attached to an aromatic ring is 1. The zero-order valence-electron chi connectivity index (χ0n) is 10.8. The van der Waals surface area contributed by atoms with Crippen molar-refractivity contribution in [3.8, 4) is 0 Å². The molecule has 104 valence electrons. The van der Waals surface area contributed by atoms with Gasteiger partial charge in [0.2, 0.25) is 5.91 Å². The first-order valence-electron chi connectivity index (χ1n) is 6.02.